The second kappa shape index (κ2) is 3.29. The summed E-state index contributed by atoms with van der Waals surface area (Å²) in [7, 11) is 0. The van der Waals surface area contributed by atoms with Crippen LogP contribution in [0.25, 0.3) is 0 Å². The van der Waals surface area contributed by atoms with E-state index in [-0.39, 0.29) is 0 Å². The van der Waals surface area contributed by atoms with Gasteiger partial charge in [-0.3, -0.25) is 0 Å². The quantitative estimate of drug-likeness (QED) is 0.692. The highest BCUT2D eigenvalue weighted by molar-refractivity contribution is 5.19. The highest BCUT2D eigenvalue weighted by Crippen LogP contribution is 2.28. The third-order valence-electron chi connectivity index (χ3n) is 1.40. The second-order valence-corrected chi connectivity index (χ2v) is 2.32. The van der Waals surface area contributed by atoms with E-state index in [0.717, 1.165) is 0 Å². The summed E-state index contributed by atoms with van der Waals surface area (Å²) in [5.41, 5.74) is -1.62. The number of aliphatic hydroxyl groups is 1. The van der Waals surface area contributed by atoms with Gasteiger partial charge in [0.2, 0.25) is 0 Å². The van der Waals surface area contributed by atoms with E-state index in [1.54, 1.807) is 0 Å². The van der Waals surface area contributed by atoms with Gasteiger partial charge in [-0.05, 0) is 6.07 Å². The fourth-order valence-electron chi connectivity index (χ4n) is 0.757. The smallest absolute Gasteiger partial charge is 0.392 e. The van der Waals surface area contributed by atoms with Gasteiger partial charge in [-0.15, -0.1) is 0 Å². The molecule has 2 nitrogen and oxygen atoms in total. The molecule has 13 heavy (non-hydrogen) atoms. The van der Waals surface area contributed by atoms with Crippen LogP contribution in [0.15, 0.2) is 12.3 Å². The van der Waals surface area contributed by atoms with E-state index in [4.69, 9.17) is 5.11 Å². The summed E-state index contributed by atoms with van der Waals surface area (Å²) in [5, 5.41) is 8.47. The summed E-state index contributed by atoms with van der Waals surface area (Å²) in [6.45, 7) is -0.780. The van der Waals surface area contributed by atoms with Gasteiger partial charge in [-0.2, -0.15) is 13.2 Å². The number of aliphatic hydroxyl groups excluding tert-OH is 1. The second-order valence-electron chi connectivity index (χ2n) is 2.32. The molecule has 72 valence electrons. The molecule has 0 saturated carbocycles. The van der Waals surface area contributed by atoms with Crippen molar-refractivity contribution in [3.05, 3.63) is 29.3 Å². The van der Waals surface area contributed by atoms with Gasteiger partial charge in [0, 0.05) is 5.56 Å². The van der Waals surface area contributed by atoms with Gasteiger partial charge in [-0.1, -0.05) is 0 Å². The zero-order valence-corrected chi connectivity index (χ0v) is 6.27. The monoisotopic (exact) mass is 195 g/mol. The highest BCUT2D eigenvalue weighted by atomic mass is 19.4. The average molecular weight is 195 g/mol. The molecule has 1 N–H and O–H groups in total. The van der Waals surface area contributed by atoms with Crippen molar-refractivity contribution in [3.63, 3.8) is 0 Å². The first-order chi connectivity index (χ1) is 5.95. The zero-order valence-electron chi connectivity index (χ0n) is 6.27. The van der Waals surface area contributed by atoms with Crippen molar-refractivity contribution in [1.82, 2.24) is 4.98 Å². The van der Waals surface area contributed by atoms with Crippen molar-refractivity contribution in [3.8, 4) is 0 Å². The van der Waals surface area contributed by atoms with Crippen LogP contribution in [0.4, 0.5) is 17.6 Å². The molecule has 0 spiro atoms. The molecule has 1 heterocycles. The van der Waals surface area contributed by atoms with Crippen LogP contribution in [0.3, 0.4) is 0 Å². The van der Waals surface area contributed by atoms with Crippen LogP contribution in [-0.4, -0.2) is 10.1 Å². The predicted molar refractivity (Wildman–Crippen MR) is 35.1 cm³/mol. The van der Waals surface area contributed by atoms with Crippen molar-refractivity contribution < 1.29 is 22.7 Å². The Hall–Kier alpha value is -1.17. The summed E-state index contributed by atoms with van der Waals surface area (Å²) in [6, 6.07) is 0.481. The van der Waals surface area contributed by atoms with Crippen molar-refractivity contribution in [1.29, 1.82) is 0 Å². The molecule has 0 fully saturated rings. The van der Waals surface area contributed by atoms with Crippen LogP contribution in [0.5, 0.6) is 0 Å². The Morgan fingerprint density at radius 1 is 1.38 bits per heavy atom. The maximum atomic E-state index is 12.6. The number of hydrogen-bond donors (Lipinski definition) is 1. The minimum absolute atomic E-state index is 0.415. The molecule has 0 aromatic carbocycles. The first-order valence-electron chi connectivity index (χ1n) is 3.27. The summed E-state index contributed by atoms with van der Waals surface area (Å²) < 4.78 is 48.5. The normalized spacial score (nSPS) is 11.8. The topological polar surface area (TPSA) is 33.1 Å². The molecule has 0 bridgehead atoms. The molecule has 0 aliphatic carbocycles. The number of pyridine rings is 1. The lowest BCUT2D eigenvalue weighted by Crippen LogP contribution is -2.09. The average Bonchev–Trinajstić information content (AvgIpc) is 2.03. The van der Waals surface area contributed by atoms with Gasteiger partial charge in [-0.25, -0.2) is 9.37 Å². The van der Waals surface area contributed by atoms with E-state index in [1.807, 2.05) is 0 Å². The van der Waals surface area contributed by atoms with Crippen molar-refractivity contribution >= 4 is 0 Å². The Bertz CT molecular complexity index is 310. The Morgan fingerprint density at radius 2 is 2.00 bits per heavy atom. The number of nitrogens with zero attached hydrogens (tertiary/aromatic N) is 1. The highest BCUT2D eigenvalue weighted by Gasteiger charge is 2.32. The van der Waals surface area contributed by atoms with Crippen molar-refractivity contribution in [2.24, 2.45) is 0 Å². The van der Waals surface area contributed by atoms with E-state index in [2.05, 4.69) is 4.98 Å². The first-order valence-corrected chi connectivity index (χ1v) is 3.27. The lowest BCUT2D eigenvalue weighted by molar-refractivity contribution is -0.141. The number of aromatic nitrogens is 1. The Morgan fingerprint density at radius 3 is 2.46 bits per heavy atom. The summed E-state index contributed by atoms with van der Waals surface area (Å²) in [6.07, 6.45) is -4.17. The largest absolute Gasteiger partial charge is 0.433 e. The van der Waals surface area contributed by atoms with Gasteiger partial charge in [0.1, 0.15) is 11.5 Å². The summed E-state index contributed by atoms with van der Waals surface area (Å²) >= 11 is 0. The lowest BCUT2D eigenvalue weighted by Gasteiger charge is -2.06. The van der Waals surface area contributed by atoms with E-state index in [0.29, 0.717) is 12.3 Å². The van der Waals surface area contributed by atoms with Gasteiger partial charge in [0.05, 0.1) is 12.8 Å². The molecule has 0 atom stereocenters. The van der Waals surface area contributed by atoms with Gasteiger partial charge in [0.15, 0.2) is 0 Å². The first kappa shape index (κ1) is 9.91. The molecular weight excluding hydrogens is 190 g/mol. The third kappa shape index (κ3) is 2.15. The van der Waals surface area contributed by atoms with Gasteiger partial charge < -0.3 is 5.11 Å². The number of hydrogen-bond acceptors (Lipinski definition) is 2. The Balaban J connectivity index is 3.14. The molecular formula is C7H5F4NO. The number of alkyl halides is 3. The molecule has 0 amide bonds. The minimum Gasteiger partial charge on any atom is -0.392 e. The van der Waals surface area contributed by atoms with Crippen LogP contribution in [0.2, 0.25) is 0 Å². The number of rotatable bonds is 1. The summed E-state index contributed by atoms with van der Waals surface area (Å²) in [4.78, 5) is 2.85. The maximum absolute atomic E-state index is 12.6. The van der Waals surface area contributed by atoms with E-state index in [9.17, 15) is 17.6 Å². The van der Waals surface area contributed by atoms with Gasteiger partial charge >= 0.3 is 6.18 Å². The molecule has 1 rings (SSSR count). The Labute approximate surface area is 70.8 Å². The van der Waals surface area contributed by atoms with Crippen LogP contribution in [-0.2, 0) is 12.8 Å². The van der Waals surface area contributed by atoms with Crippen LogP contribution >= 0.6 is 0 Å². The number of halogens is 4. The fraction of sp³-hybridized carbons (Fsp3) is 0.286. The third-order valence-corrected chi connectivity index (χ3v) is 1.40. The molecule has 0 saturated heterocycles. The SMILES string of the molecule is OCc1cc(C(F)(F)F)ncc1F. The standard InChI is InChI=1S/C7H5F4NO/c8-5-2-12-6(7(9,10)11)1-4(5)3-13/h1-2,13H,3H2. The molecule has 6 heteroatoms. The predicted octanol–water partition coefficient (Wildman–Crippen LogP) is 1.73. The van der Waals surface area contributed by atoms with Crippen molar-refractivity contribution in [2.75, 3.05) is 0 Å². The van der Waals surface area contributed by atoms with Gasteiger partial charge in [0.25, 0.3) is 0 Å². The van der Waals surface area contributed by atoms with E-state index >= 15 is 0 Å². The molecule has 0 aliphatic rings. The van der Waals surface area contributed by atoms with Crippen LogP contribution in [0.1, 0.15) is 11.3 Å². The molecule has 0 unspecified atom stereocenters. The van der Waals surface area contributed by atoms with Crippen molar-refractivity contribution in [2.45, 2.75) is 12.8 Å². The Kier molecular flexibility index (Phi) is 2.51. The van der Waals surface area contributed by atoms with E-state index < -0.39 is 29.9 Å². The van der Waals surface area contributed by atoms with E-state index in [1.165, 1.54) is 0 Å². The molecule has 1 aromatic heterocycles. The maximum Gasteiger partial charge on any atom is 0.433 e. The summed E-state index contributed by atoms with van der Waals surface area (Å²) in [5.74, 6) is -0.949. The lowest BCUT2D eigenvalue weighted by atomic mass is 10.2. The molecule has 0 aliphatic heterocycles. The van der Waals surface area contributed by atoms with Crippen LogP contribution in [0, 0.1) is 5.82 Å². The molecule has 0 radical (unpaired) electrons. The van der Waals surface area contributed by atoms with Crippen LogP contribution < -0.4 is 0 Å². The molecule has 1 aromatic rings. The fourth-order valence-corrected chi connectivity index (χ4v) is 0.757. The zero-order chi connectivity index (χ0) is 10.1. The minimum atomic E-state index is -4.61.